The normalized spacial score (nSPS) is 11.0. The summed E-state index contributed by atoms with van der Waals surface area (Å²) in [5.41, 5.74) is 1.01. The number of hydrogen-bond acceptors (Lipinski definition) is 3. The number of benzene rings is 2. The number of hydrogen-bond donors (Lipinski definition) is 2. The van der Waals surface area contributed by atoms with Gasteiger partial charge in [-0.3, -0.25) is 4.79 Å². The van der Waals surface area contributed by atoms with Crippen LogP contribution in [-0.4, -0.2) is 20.9 Å². The molecule has 0 aliphatic rings. The standard InChI is InChI=1S/C17H17ClN2O3S/c1-2-9-19-17(21)14-6-4-8-16(11-14)24(22,23)20-12-13-5-3-7-15(18)10-13/h2-8,10-11,20H,1,9,12H2,(H,19,21). The molecule has 2 aromatic carbocycles. The fourth-order valence-electron chi connectivity index (χ4n) is 1.98. The van der Waals surface area contributed by atoms with Crippen molar-refractivity contribution in [2.24, 2.45) is 0 Å². The minimum atomic E-state index is -3.74. The monoisotopic (exact) mass is 364 g/mol. The number of rotatable bonds is 7. The van der Waals surface area contributed by atoms with E-state index in [0.717, 1.165) is 5.56 Å². The van der Waals surface area contributed by atoms with Crippen molar-refractivity contribution in [3.05, 3.63) is 77.3 Å². The lowest BCUT2D eigenvalue weighted by Crippen LogP contribution is -2.25. The molecule has 7 heteroatoms. The van der Waals surface area contributed by atoms with Crippen molar-refractivity contribution in [2.75, 3.05) is 6.54 Å². The van der Waals surface area contributed by atoms with Gasteiger partial charge in [-0.2, -0.15) is 0 Å². The highest BCUT2D eigenvalue weighted by atomic mass is 35.5. The van der Waals surface area contributed by atoms with Crippen LogP contribution >= 0.6 is 11.6 Å². The fourth-order valence-corrected chi connectivity index (χ4v) is 3.26. The molecule has 2 aromatic rings. The summed E-state index contributed by atoms with van der Waals surface area (Å²) in [6.07, 6.45) is 1.55. The summed E-state index contributed by atoms with van der Waals surface area (Å²) in [5.74, 6) is -0.359. The van der Waals surface area contributed by atoms with Crippen molar-refractivity contribution < 1.29 is 13.2 Å². The van der Waals surface area contributed by atoms with Gasteiger partial charge in [-0.05, 0) is 35.9 Å². The van der Waals surface area contributed by atoms with Crippen molar-refractivity contribution in [3.63, 3.8) is 0 Å². The van der Waals surface area contributed by atoms with Gasteiger partial charge < -0.3 is 5.32 Å². The maximum absolute atomic E-state index is 12.4. The predicted octanol–water partition coefficient (Wildman–Crippen LogP) is 2.73. The Morgan fingerprint density at radius 1 is 1.17 bits per heavy atom. The molecule has 2 N–H and O–H groups in total. The Balaban J connectivity index is 2.14. The van der Waals surface area contributed by atoms with E-state index in [1.54, 1.807) is 36.4 Å². The first-order valence-electron chi connectivity index (χ1n) is 7.15. The van der Waals surface area contributed by atoms with Gasteiger partial charge in [-0.1, -0.05) is 35.9 Å². The zero-order valence-electron chi connectivity index (χ0n) is 12.8. The van der Waals surface area contributed by atoms with Crippen molar-refractivity contribution >= 4 is 27.5 Å². The van der Waals surface area contributed by atoms with Gasteiger partial charge in [0.15, 0.2) is 0 Å². The van der Waals surface area contributed by atoms with Gasteiger partial charge in [-0.15, -0.1) is 6.58 Å². The molecule has 24 heavy (non-hydrogen) atoms. The van der Waals surface area contributed by atoms with Crippen molar-refractivity contribution in [2.45, 2.75) is 11.4 Å². The zero-order valence-corrected chi connectivity index (χ0v) is 14.4. The lowest BCUT2D eigenvalue weighted by Gasteiger charge is -2.09. The number of nitrogens with one attached hydrogen (secondary N) is 2. The summed E-state index contributed by atoms with van der Waals surface area (Å²) in [6, 6.07) is 12.8. The molecule has 0 heterocycles. The largest absolute Gasteiger partial charge is 0.349 e. The molecular weight excluding hydrogens is 348 g/mol. The summed E-state index contributed by atoms with van der Waals surface area (Å²) >= 11 is 5.88. The summed E-state index contributed by atoms with van der Waals surface area (Å²) in [6.45, 7) is 3.93. The second kappa shape index (κ2) is 8.10. The SMILES string of the molecule is C=CCNC(=O)c1cccc(S(=O)(=O)NCc2cccc(Cl)c2)c1. The molecule has 0 bridgehead atoms. The molecule has 2 rings (SSSR count). The molecule has 0 saturated carbocycles. The highest BCUT2D eigenvalue weighted by molar-refractivity contribution is 7.89. The van der Waals surface area contributed by atoms with Crippen molar-refractivity contribution in [1.82, 2.24) is 10.0 Å². The van der Waals surface area contributed by atoms with Gasteiger partial charge in [0, 0.05) is 23.7 Å². The first kappa shape index (κ1) is 18.2. The van der Waals surface area contributed by atoms with Crippen LogP contribution in [0.3, 0.4) is 0 Å². The Bertz CT molecular complexity index is 850. The van der Waals surface area contributed by atoms with Gasteiger partial charge in [0.05, 0.1) is 4.90 Å². The third kappa shape index (κ3) is 4.92. The highest BCUT2D eigenvalue weighted by Gasteiger charge is 2.16. The summed E-state index contributed by atoms with van der Waals surface area (Å²) in [5, 5.41) is 3.14. The van der Waals surface area contributed by atoms with Gasteiger partial charge in [0.2, 0.25) is 10.0 Å². The van der Waals surface area contributed by atoms with Crippen LogP contribution in [0.5, 0.6) is 0 Å². The minimum Gasteiger partial charge on any atom is -0.349 e. The maximum Gasteiger partial charge on any atom is 0.251 e. The number of sulfonamides is 1. The summed E-state index contributed by atoms with van der Waals surface area (Å²) in [4.78, 5) is 11.9. The van der Waals surface area contributed by atoms with Gasteiger partial charge >= 0.3 is 0 Å². The first-order chi connectivity index (χ1) is 11.4. The maximum atomic E-state index is 12.4. The molecule has 5 nitrogen and oxygen atoms in total. The van der Waals surface area contributed by atoms with E-state index in [9.17, 15) is 13.2 Å². The van der Waals surface area contributed by atoms with Crippen LogP contribution in [0.1, 0.15) is 15.9 Å². The molecule has 0 spiro atoms. The van der Waals surface area contributed by atoms with E-state index in [2.05, 4.69) is 16.6 Å². The van der Waals surface area contributed by atoms with Crippen molar-refractivity contribution in [3.8, 4) is 0 Å². The third-order valence-electron chi connectivity index (χ3n) is 3.17. The molecule has 0 fully saturated rings. The molecule has 126 valence electrons. The smallest absolute Gasteiger partial charge is 0.251 e. The Labute approximate surface area is 146 Å². The molecule has 0 unspecified atom stereocenters. The Morgan fingerprint density at radius 3 is 2.62 bits per heavy atom. The molecule has 0 aliphatic heterocycles. The third-order valence-corrected chi connectivity index (χ3v) is 4.80. The number of halogens is 1. The van der Waals surface area contributed by atoms with E-state index < -0.39 is 10.0 Å². The van der Waals surface area contributed by atoms with E-state index in [-0.39, 0.29) is 22.9 Å². The fraction of sp³-hybridized carbons (Fsp3) is 0.118. The lowest BCUT2D eigenvalue weighted by atomic mass is 10.2. The molecule has 0 radical (unpaired) electrons. The van der Waals surface area contributed by atoms with E-state index >= 15 is 0 Å². The predicted molar refractivity (Wildman–Crippen MR) is 94.4 cm³/mol. The number of carbonyl (C=O) groups is 1. The van der Waals surface area contributed by atoms with Crippen LogP contribution in [0.25, 0.3) is 0 Å². The van der Waals surface area contributed by atoms with E-state index in [4.69, 9.17) is 11.6 Å². The molecule has 0 aliphatic carbocycles. The quantitative estimate of drug-likeness (QED) is 0.742. The number of carbonyl (C=O) groups excluding carboxylic acids is 1. The van der Waals surface area contributed by atoms with Crippen LogP contribution in [0.15, 0.2) is 66.1 Å². The zero-order chi connectivity index (χ0) is 17.6. The van der Waals surface area contributed by atoms with Gasteiger partial charge in [-0.25, -0.2) is 13.1 Å². The second-order valence-corrected chi connectivity index (χ2v) is 7.18. The Morgan fingerprint density at radius 2 is 1.92 bits per heavy atom. The van der Waals surface area contributed by atoms with Gasteiger partial charge in [0.1, 0.15) is 0 Å². The summed E-state index contributed by atoms with van der Waals surface area (Å²) < 4.78 is 27.3. The van der Waals surface area contributed by atoms with E-state index in [1.807, 2.05) is 0 Å². The van der Waals surface area contributed by atoms with Crippen LogP contribution < -0.4 is 10.0 Å². The molecule has 0 aromatic heterocycles. The lowest BCUT2D eigenvalue weighted by molar-refractivity contribution is 0.0958. The van der Waals surface area contributed by atoms with Crippen LogP contribution in [0, 0.1) is 0 Å². The van der Waals surface area contributed by atoms with Crippen LogP contribution in [0.4, 0.5) is 0 Å². The second-order valence-electron chi connectivity index (χ2n) is 4.98. The Hall–Kier alpha value is -2.15. The Kier molecular flexibility index (Phi) is 6.14. The molecule has 0 atom stereocenters. The highest BCUT2D eigenvalue weighted by Crippen LogP contribution is 2.14. The van der Waals surface area contributed by atoms with E-state index in [0.29, 0.717) is 11.6 Å². The van der Waals surface area contributed by atoms with E-state index in [1.165, 1.54) is 18.2 Å². The topological polar surface area (TPSA) is 75.3 Å². The van der Waals surface area contributed by atoms with Crippen molar-refractivity contribution in [1.29, 1.82) is 0 Å². The average molecular weight is 365 g/mol. The minimum absolute atomic E-state index is 0.0239. The molecule has 1 amide bonds. The van der Waals surface area contributed by atoms with Crippen LogP contribution in [-0.2, 0) is 16.6 Å². The molecular formula is C17H17ClN2O3S. The average Bonchev–Trinajstić information content (AvgIpc) is 2.58. The first-order valence-corrected chi connectivity index (χ1v) is 9.02. The van der Waals surface area contributed by atoms with Gasteiger partial charge in [0.25, 0.3) is 5.91 Å². The summed E-state index contributed by atoms with van der Waals surface area (Å²) in [7, 11) is -3.74. The number of amides is 1. The molecule has 0 saturated heterocycles. The van der Waals surface area contributed by atoms with Crippen LogP contribution in [0.2, 0.25) is 5.02 Å².